The van der Waals surface area contributed by atoms with Gasteiger partial charge in [0.25, 0.3) is 0 Å². The summed E-state index contributed by atoms with van der Waals surface area (Å²) in [5.41, 5.74) is 6.70. The highest BCUT2D eigenvalue weighted by Crippen LogP contribution is 2.43. The highest BCUT2D eigenvalue weighted by molar-refractivity contribution is 9.10. The third-order valence-corrected chi connectivity index (χ3v) is 5.64. The molecular formula is C24H21BrN2O2. The fraction of sp³-hybridized carbons (Fsp3) is 0.250. The lowest BCUT2D eigenvalue weighted by molar-refractivity contribution is 0.304. The zero-order valence-corrected chi connectivity index (χ0v) is 18.0. The molecule has 0 bridgehead atoms. The van der Waals surface area contributed by atoms with Gasteiger partial charge < -0.3 is 9.47 Å². The van der Waals surface area contributed by atoms with E-state index < -0.39 is 0 Å². The van der Waals surface area contributed by atoms with Crippen LogP contribution in [0.5, 0.6) is 11.6 Å². The number of pyridine rings is 1. The lowest BCUT2D eigenvalue weighted by Gasteiger charge is -2.24. The molecule has 0 amide bonds. The summed E-state index contributed by atoms with van der Waals surface area (Å²) in [5, 5.41) is 10.00. The Morgan fingerprint density at radius 2 is 2.03 bits per heavy atom. The third-order valence-electron chi connectivity index (χ3n) is 5.14. The Morgan fingerprint density at radius 3 is 2.76 bits per heavy atom. The van der Waals surface area contributed by atoms with Crippen LogP contribution in [0.25, 0.3) is 22.4 Å². The maximum atomic E-state index is 10.00. The van der Waals surface area contributed by atoms with Crippen LogP contribution in [-0.4, -0.2) is 18.7 Å². The zero-order valence-electron chi connectivity index (χ0n) is 16.5. The first-order valence-electron chi connectivity index (χ1n) is 9.69. The van der Waals surface area contributed by atoms with E-state index in [2.05, 4.69) is 34.1 Å². The normalized spacial score (nSPS) is 11.9. The van der Waals surface area contributed by atoms with Crippen molar-refractivity contribution in [1.29, 1.82) is 5.26 Å². The van der Waals surface area contributed by atoms with Crippen LogP contribution < -0.4 is 9.47 Å². The minimum atomic E-state index is 0.409. The molecule has 0 spiro atoms. The molecule has 4 nitrogen and oxygen atoms in total. The Labute approximate surface area is 179 Å². The van der Waals surface area contributed by atoms with E-state index in [1.165, 1.54) is 5.56 Å². The van der Waals surface area contributed by atoms with Crippen molar-refractivity contribution >= 4 is 15.9 Å². The van der Waals surface area contributed by atoms with E-state index >= 15 is 0 Å². The van der Waals surface area contributed by atoms with Crippen LogP contribution in [0.15, 0.2) is 46.9 Å². The number of halogens is 1. The Balaban J connectivity index is 2.01. The Morgan fingerprint density at radius 1 is 1.17 bits per heavy atom. The van der Waals surface area contributed by atoms with Gasteiger partial charge >= 0.3 is 0 Å². The molecule has 0 radical (unpaired) electrons. The van der Waals surface area contributed by atoms with Crippen LogP contribution in [0, 0.1) is 11.3 Å². The van der Waals surface area contributed by atoms with Gasteiger partial charge in [-0.05, 0) is 66.3 Å². The lowest BCUT2D eigenvalue weighted by Crippen LogP contribution is -2.12. The number of nitriles is 1. The van der Waals surface area contributed by atoms with Gasteiger partial charge in [0.2, 0.25) is 5.88 Å². The van der Waals surface area contributed by atoms with Gasteiger partial charge in [0.15, 0.2) is 0 Å². The second kappa shape index (κ2) is 8.26. The van der Waals surface area contributed by atoms with Crippen LogP contribution in [0.3, 0.4) is 0 Å². The van der Waals surface area contributed by atoms with E-state index in [9.17, 15) is 5.26 Å². The highest BCUT2D eigenvalue weighted by atomic mass is 79.9. The number of benzene rings is 2. The SMILES string of the molecule is CCCOc1nc2c(c(-c3cccc(Br)c3)c1C#N)CCc1cc(OC)ccc1-2. The molecule has 1 aromatic heterocycles. The smallest absolute Gasteiger partial charge is 0.232 e. The number of nitrogens with zero attached hydrogens (tertiary/aromatic N) is 2. The van der Waals surface area contributed by atoms with Gasteiger partial charge in [-0.2, -0.15) is 5.26 Å². The first kappa shape index (κ1) is 19.5. The summed E-state index contributed by atoms with van der Waals surface area (Å²) in [6.07, 6.45) is 2.54. The molecule has 4 rings (SSSR count). The Kier molecular flexibility index (Phi) is 5.55. The predicted molar refractivity (Wildman–Crippen MR) is 117 cm³/mol. The zero-order chi connectivity index (χ0) is 20.4. The number of hydrogen-bond acceptors (Lipinski definition) is 4. The van der Waals surface area contributed by atoms with Crippen molar-refractivity contribution in [2.75, 3.05) is 13.7 Å². The molecule has 0 unspecified atom stereocenters. The molecule has 1 aliphatic carbocycles. The Hall–Kier alpha value is -2.84. The fourth-order valence-corrected chi connectivity index (χ4v) is 4.23. The fourth-order valence-electron chi connectivity index (χ4n) is 3.83. The molecule has 5 heteroatoms. The van der Waals surface area contributed by atoms with Crippen LogP contribution in [0.2, 0.25) is 0 Å². The van der Waals surface area contributed by atoms with Crippen molar-refractivity contribution in [3.8, 4) is 40.1 Å². The largest absolute Gasteiger partial charge is 0.497 e. The summed E-state index contributed by atoms with van der Waals surface area (Å²) in [6, 6.07) is 16.5. The van der Waals surface area contributed by atoms with Gasteiger partial charge in [-0.3, -0.25) is 0 Å². The van der Waals surface area contributed by atoms with Gasteiger partial charge in [0.1, 0.15) is 17.4 Å². The number of ether oxygens (including phenoxy) is 2. The predicted octanol–water partition coefficient (Wildman–Crippen LogP) is 5.95. The van der Waals surface area contributed by atoms with E-state index in [4.69, 9.17) is 14.5 Å². The summed E-state index contributed by atoms with van der Waals surface area (Å²) in [6.45, 7) is 2.56. The van der Waals surface area contributed by atoms with Crippen LogP contribution >= 0.6 is 15.9 Å². The standard InChI is InChI=1S/C24H21BrN2O2/c1-3-11-29-24-21(14-26)22(16-5-4-6-17(25)12-16)20-9-7-15-13-18(28-2)8-10-19(15)23(20)27-24/h4-6,8,10,12-13H,3,7,9,11H2,1-2H3. The minimum absolute atomic E-state index is 0.409. The third kappa shape index (κ3) is 3.61. The van der Waals surface area contributed by atoms with Crippen LogP contribution in [-0.2, 0) is 12.8 Å². The lowest BCUT2D eigenvalue weighted by atomic mass is 9.83. The molecule has 0 N–H and O–H groups in total. The second-order valence-electron chi connectivity index (χ2n) is 6.99. The summed E-state index contributed by atoms with van der Waals surface area (Å²) in [4.78, 5) is 4.83. The number of methoxy groups -OCH3 is 1. The molecule has 1 aliphatic rings. The van der Waals surface area contributed by atoms with Crippen molar-refractivity contribution in [1.82, 2.24) is 4.98 Å². The van der Waals surface area contributed by atoms with E-state index in [1.807, 2.05) is 37.3 Å². The van der Waals surface area contributed by atoms with Crippen molar-refractivity contribution in [2.45, 2.75) is 26.2 Å². The van der Waals surface area contributed by atoms with Crippen LogP contribution in [0.1, 0.15) is 30.0 Å². The molecular weight excluding hydrogens is 428 g/mol. The van der Waals surface area contributed by atoms with E-state index in [1.54, 1.807) is 7.11 Å². The minimum Gasteiger partial charge on any atom is -0.497 e. The number of aryl methyl sites for hydroxylation is 1. The average Bonchev–Trinajstić information content (AvgIpc) is 2.75. The van der Waals surface area contributed by atoms with Crippen molar-refractivity contribution in [3.05, 3.63) is 63.6 Å². The number of aromatic nitrogens is 1. The Bertz CT molecular complexity index is 1120. The molecule has 29 heavy (non-hydrogen) atoms. The first-order chi connectivity index (χ1) is 14.2. The molecule has 0 aliphatic heterocycles. The maximum absolute atomic E-state index is 10.00. The monoisotopic (exact) mass is 448 g/mol. The molecule has 3 aromatic rings. The molecule has 146 valence electrons. The number of fused-ring (bicyclic) bond motifs is 3. The van der Waals surface area contributed by atoms with Crippen molar-refractivity contribution in [3.63, 3.8) is 0 Å². The summed E-state index contributed by atoms with van der Waals surface area (Å²) in [5.74, 6) is 1.25. The summed E-state index contributed by atoms with van der Waals surface area (Å²) >= 11 is 3.56. The van der Waals surface area contributed by atoms with E-state index in [0.29, 0.717) is 18.1 Å². The van der Waals surface area contributed by atoms with Gasteiger partial charge in [0, 0.05) is 15.6 Å². The maximum Gasteiger partial charge on any atom is 0.232 e. The van der Waals surface area contributed by atoms with Crippen molar-refractivity contribution < 1.29 is 9.47 Å². The van der Waals surface area contributed by atoms with Gasteiger partial charge in [-0.15, -0.1) is 0 Å². The quantitative estimate of drug-likeness (QED) is 0.483. The van der Waals surface area contributed by atoms with Crippen molar-refractivity contribution in [2.24, 2.45) is 0 Å². The molecule has 0 atom stereocenters. The number of hydrogen-bond donors (Lipinski definition) is 0. The van der Waals surface area contributed by atoms with Crippen LogP contribution in [0.4, 0.5) is 0 Å². The average molecular weight is 449 g/mol. The molecule has 0 saturated heterocycles. The summed E-state index contributed by atoms with van der Waals surface area (Å²) in [7, 11) is 1.68. The highest BCUT2D eigenvalue weighted by Gasteiger charge is 2.27. The summed E-state index contributed by atoms with van der Waals surface area (Å²) < 4.78 is 12.3. The van der Waals surface area contributed by atoms with E-state index in [0.717, 1.165) is 57.4 Å². The van der Waals surface area contributed by atoms with E-state index in [-0.39, 0.29) is 0 Å². The second-order valence-corrected chi connectivity index (χ2v) is 7.90. The number of rotatable bonds is 5. The topological polar surface area (TPSA) is 55.1 Å². The molecule has 1 heterocycles. The molecule has 0 fully saturated rings. The van der Waals surface area contributed by atoms with Gasteiger partial charge in [-0.1, -0.05) is 35.0 Å². The molecule has 0 saturated carbocycles. The van der Waals surface area contributed by atoms with Gasteiger partial charge in [0.05, 0.1) is 19.4 Å². The first-order valence-corrected chi connectivity index (χ1v) is 10.5. The molecule has 2 aromatic carbocycles. The van der Waals surface area contributed by atoms with Gasteiger partial charge in [-0.25, -0.2) is 4.98 Å².